The van der Waals surface area contributed by atoms with Crippen LogP contribution in [-0.4, -0.2) is 60.8 Å². The van der Waals surface area contributed by atoms with Crippen LogP contribution in [0.4, 0.5) is 0 Å². The molecule has 0 bridgehead atoms. The van der Waals surface area contributed by atoms with Gasteiger partial charge in [0.25, 0.3) is 0 Å². The van der Waals surface area contributed by atoms with Crippen molar-refractivity contribution in [3.05, 3.63) is 34.9 Å². The van der Waals surface area contributed by atoms with Crippen LogP contribution in [0.5, 0.6) is 0 Å². The molecule has 2 heterocycles. The number of fused-ring (bicyclic) bond motifs is 1. The number of aryl methyl sites for hydroxylation is 2. The number of hydrogen-bond acceptors (Lipinski definition) is 4. The van der Waals surface area contributed by atoms with Gasteiger partial charge in [0.2, 0.25) is 5.91 Å². The molecule has 2 atom stereocenters. The van der Waals surface area contributed by atoms with Crippen molar-refractivity contribution in [3.63, 3.8) is 0 Å². The van der Waals surface area contributed by atoms with Crippen molar-refractivity contribution in [3.8, 4) is 0 Å². The van der Waals surface area contributed by atoms with Gasteiger partial charge in [0.05, 0.1) is 17.5 Å². The van der Waals surface area contributed by atoms with Gasteiger partial charge in [0.15, 0.2) is 9.84 Å². The van der Waals surface area contributed by atoms with E-state index in [-0.39, 0.29) is 35.4 Å². The Bertz CT molecular complexity index is 816. The number of hydrogen-bond donors (Lipinski definition) is 0. The Morgan fingerprint density at radius 3 is 2.54 bits per heavy atom. The predicted octanol–water partition coefficient (Wildman–Crippen LogP) is 1.91. The molecule has 142 valence electrons. The van der Waals surface area contributed by atoms with E-state index in [1.807, 2.05) is 4.90 Å². The number of sulfone groups is 1. The van der Waals surface area contributed by atoms with E-state index in [0.29, 0.717) is 6.54 Å². The van der Waals surface area contributed by atoms with E-state index < -0.39 is 9.84 Å². The Morgan fingerprint density at radius 1 is 1.12 bits per heavy atom. The maximum atomic E-state index is 12.8. The Kier molecular flexibility index (Phi) is 4.59. The molecule has 3 fully saturated rings. The number of amides is 1. The van der Waals surface area contributed by atoms with E-state index in [1.165, 1.54) is 16.7 Å². The van der Waals surface area contributed by atoms with E-state index in [0.717, 1.165) is 32.4 Å². The van der Waals surface area contributed by atoms with Crippen molar-refractivity contribution in [1.29, 1.82) is 0 Å². The molecule has 0 aromatic heterocycles. The molecule has 2 aliphatic heterocycles. The highest BCUT2D eigenvalue weighted by molar-refractivity contribution is 7.91. The molecule has 6 heteroatoms. The molecule has 0 unspecified atom stereocenters. The minimum absolute atomic E-state index is 0.0716. The standard InChI is InChI=1S/C20H28N2O3S/c1-14-6-7-15(2)17(10-14)11-21-8-9-22(20(23)16-4-3-5-16)19-13-26(24,25)12-18(19)21/h6-7,10,16,18-19H,3-5,8-9,11-13H2,1-2H3/t18-,19+/m0/s1. The van der Waals surface area contributed by atoms with E-state index in [4.69, 9.17) is 0 Å². The molecular weight excluding hydrogens is 348 g/mol. The first-order valence-electron chi connectivity index (χ1n) is 9.65. The highest BCUT2D eigenvalue weighted by atomic mass is 32.2. The van der Waals surface area contributed by atoms with Crippen LogP contribution in [0.3, 0.4) is 0 Å². The third-order valence-electron chi connectivity index (χ3n) is 6.41. The van der Waals surface area contributed by atoms with Crippen LogP contribution in [0.2, 0.25) is 0 Å². The molecule has 26 heavy (non-hydrogen) atoms. The summed E-state index contributed by atoms with van der Waals surface area (Å²) in [5.74, 6) is 0.621. The van der Waals surface area contributed by atoms with Crippen LogP contribution in [0.15, 0.2) is 18.2 Å². The first-order chi connectivity index (χ1) is 12.3. The van der Waals surface area contributed by atoms with Crippen molar-refractivity contribution < 1.29 is 13.2 Å². The van der Waals surface area contributed by atoms with Gasteiger partial charge in [-0.3, -0.25) is 9.69 Å². The highest BCUT2D eigenvalue weighted by Gasteiger charge is 2.49. The second-order valence-corrected chi connectivity index (χ2v) is 10.4. The van der Waals surface area contributed by atoms with Gasteiger partial charge in [0, 0.05) is 31.6 Å². The highest BCUT2D eigenvalue weighted by Crippen LogP contribution is 2.34. The first-order valence-corrected chi connectivity index (χ1v) is 11.5. The molecule has 1 amide bonds. The normalized spacial score (nSPS) is 28.6. The first kappa shape index (κ1) is 18.0. The lowest BCUT2D eigenvalue weighted by Crippen LogP contribution is -2.61. The molecule has 0 radical (unpaired) electrons. The number of nitrogens with zero attached hydrogens (tertiary/aromatic N) is 2. The zero-order valence-corrected chi connectivity index (χ0v) is 16.5. The third-order valence-corrected chi connectivity index (χ3v) is 8.11. The number of benzene rings is 1. The van der Waals surface area contributed by atoms with Crippen LogP contribution >= 0.6 is 0 Å². The maximum Gasteiger partial charge on any atom is 0.226 e. The Morgan fingerprint density at radius 2 is 1.85 bits per heavy atom. The molecule has 4 rings (SSSR count). The second-order valence-electron chi connectivity index (χ2n) is 8.27. The van der Waals surface area contributed by atoms with Gasteiger partial charge in [0.1, 0.15) is 0 Å². The smallest absolute Gasteiger partial charge is 0.226 e. The summed E-state index contributed by atoms with van der Waals surface area (Å²) in [4.78, 5) is 17.0. The molecule has 0 spiro atoms. The Labute approximate surface area is 156 Å². The zero-order chi connectivity index (χ0) is 18.5. The number of carbonyl (C=O) groups is 1. The Hall–Kier alpha value is -1.40. The van der Waals surface area contributed by atoms with Crippen molar-refractivity contribution in [1.82, 2.24) is 9.80 Å². The fourth-order valence-corrected chi connectivity index (χ4v) is 6.59. The van der Waals surface area contributed by atoms with Gasteiger partial charge in [-0.15, -0.1) is 0 Å². The number of piperazine rings is 1. The van der Waals surface area contributed by atoms with Crippen molar-refractivity contribution >= 4 is 15.7 Å². The molecule has 3 aliphatic rings. The van der Waals surface area contributed by atoms with Crippen molar-refractivity contribution in [2.24, 2.45) is 5.92 Å². The van der Waals surface area contributed by atoms with Crippen LogP contribution in [0, 0.1) is 19.8 Å². The SMILES string of the molecule is Cc1ccc(C)c(CN2CCN(C(=O)C3CCC3)[C@@H]3CS(=O)(=O)C[C@@H]32)c1. The molecule has 1 aromatic carbocycles. The molecule has 2 saturated heterocycles. The minimum atomic E-state index is -3.09. The lowest BCUT2D eigenvalue weighted by atomic mass is 9.83. The summed E-state index contributed by atoms with van der Waals surface area (Å²) in [6.45, 7) is 6.35. The molecule has 5 nitrogen and oxygen atoms in total. The van der Waals surface area contributed by atoms with Crippen LogP contribution < -0.4 is 0 Å². The average molecular weight is 377 g/mol. The molecule has 1 aliphatic carbocycles. The van der Waals surface area contributed by atoms with Gasteiger partial charge in [-0.1, -0.05) is 30.2 Å². The third kappa shape index (κ3) is 3.29. The second kappa shape index (κ2) is 6.64. The maximum absolute atomic E-state index is 12.8. The summed E-state index contributed by atoms with van der Waals surface area (Å²) >= 11 is 0. The topological polar surface area (TPSA) is 57.7 Å². The average Bonchev–Trinajstić information content (AvgIpc) is 2.84. The van der Waals surface area contributed by atoms with Crippen LogP contribution in [-0.2, 0) is 21.2 Å². The zero-order valence-electron chi connectivity index (χ0n) is 15.6. The summed E-state index contributed by atoms with van der Waals surface area (Å²) in [6.07, 6.45) is 3.05. The monoisotopic (exact) mass is 376 g/mol. The summed E-state index contributed by atoms with van der Waals surface area (Å²) in [6, 6.07) is 6.19. The summed E-state index contributed by atoms with van der Waals surface area (Å²) in [5, 5.41) is 0. The summed E-state index contributed by atoms with van der Waals surface area (Å²) in [5.41, 5.74) is 3.72. The van der Waals surface area contributed by atoms with E-state index in [1.54, 1.807) is 0 Å². The van der Waals surface area contributed by atoms with Crippen LogP contribution in [0.1, 0.15) is 36.0 Å². The fourth-order valence-electron chi connectivity index (χ4n) is 4.57. The summed E-state index contributed by atoms with van der Waals surface area (Å²) in [7, 11) is -3.09. The van der Waals surface area contributed by atoms with Crippen LogP contribution in [0.25, 0.3) is 0 Å². The van der Waals surface area contributed by atoms with Gasteiger partial charge in [-0.2, -0.15) is 0 Å². The molecular formula is C20H28N2O3S. The van der Waals surface area contributed by atoms with Gasteiger partial charge in [-0.05, 0) is 37.8 Å². The van der Waals surface area contributed by atoms with Crippen molar-refractivity contribution in [2.75, 3.05) is 24.6 Å². The Balaban J connectivity index is 1.57. The predicted molar refractivity (Wildman–Crippen MR) is 102 cm³/mol. The summed E-state index contributed by atoms with van der Waals surface area (Å²) < 4.78 is 24.7. The fraction of sp³-hybridized carbons (Fsp3) is 0.650. The number of rotatable bonds is 3. The van der Waals surface area contributed by atoms with Gasteiger partial charge < -0.3 is 4.90 Å². The van der Waals surface area contributed by atoms with E-state index >= 15 is 0 Å². The number of carbonyl (C=O) groups excluding carboxylic acids is 1. The lowest BCUT2D eigenvalue weighted by molar-refractivity contribution is -0.144. The minimum Gasteiger partial charge on any atom is -0.336 e. The lowest BCUT2D eigenvalue weighted by Gasteiger charge is -2.46. The van der Waals surface area contributed by atoms with E-state index in [2.05, 4.69) is 36.9 Å². The molecule has 1 aromatic rings. The van der Waals surface area contributed by atoms with Crippen molar-refractivity contribution in [2.45, 2.75) is 51.7 Å². The van der Waals surface area contributed by atoms with Gasteiger partial charge in [-0.25, -0.2) is 8.42 Å². The van der Waals surface area contributed by atoms with E-state index in [9.17, 15) is 13.2 Å². The molecule has 0 N–H and O–H groups in total. The quantitative estimate of drug-likeness (QED) is 0.809. The van der Waals surface area contributed by atoms with Gasteiger partial charge >= 0.3 is 0 Å². The molecule has 1 saturated carbocycles. The largest absolute Gasteiger partial charge is 0.336 e.